The molecular weight excluding hydrogens is 414 g/mol. The van der Waals surface area contributed by atoms with Gasteiger partial charge in [-0.1, -0.05) is 69.3 Å². The van der Waals surface area contributed by atoms with Crippen molar-refractivity contribution in [1.29, 1.82) is 0 Å². The molecule has 0 spiro atoms. The monoisotopic (exact) mass is 439 g/mol. The number of para-hydroxylation sites is 1. The summed E-state index contributed by atoms with van der Waals surface area (Å²) in [5.41, 5.74) is 1.94. The molecule has 6 nitrogen and oxygen atoms in total. The average molecular weight is 440 g/mol. The van der Waals surface area contributed by atoms with Crippen LogP contribution < -0.4 is 5.32 Å². The molecule has 4 rings (SSSR count). The number of hydrogen-bond acceptors (Lipinski definition) is 5. The summed E-state index contributed by atoms with van der Waals surface area (Å²) in [6, 6.07) is 23.0. The summed E-state index contributed by atoms with van der Waals surface area (Å²) in [6.07, 6.45) is 0. The quantitative estimate of drug-likeness (QED) is 0.293. The smallest absolute Gasteiger partial charge is 0.261 e. The van der Waals surface area contributed by atoms with E-state index in [9.17, 15) is 15.0 Å². The summed E-state index contributed by atoms with van der Waals surface area (Å²) in [6.45, 7) is 6.19. The van der Waals surface area contributed by atoms with Crippen molar-refractivity contribution >= 4 is 33.7 Å². The number of fused-ring (bicyclic) bond motifs is 1. The number of phenolic OH excluding ortho intramolecular Hbond substituents is 2. The number of amides is 1. The van der Waals surface area contributed by atoms with Crippen LogP contribution in [0.4, 0.5) is 17.1 Å². The lowest BCUT2D eigenvalue weighted by molar-refractivity contribution is 0.102. The van der Waals surface area contributed by atoms with Gasteiger partial charge in [0.25, 0.3) is 5.91 Å². The molecule has 1 amide bonds. The molecule has 0 radical (unpaired) electrons. The van der Waals surface area contributed by atoms with E-state index in [0.717, 1.165) is 5.56 Å². The lowest BCUT2D eigenvalue weighted by atomic mass is 9.87. The Bertz CT molecular complexity index is 1360. The number of azo groups is 1. The van der Waals surface area contributed by atoms with Gasteiger partial charge in [-0.3, -0.25) is 4.79 Å². The van der Waals surface area contributed by atoms with E-state index in [1.807, 2.05) is 48.5 Å². The molecule has 0 bridgehead atoms. The highest BCUT2D eigenvalue weighted by Gasteiger charge is 2.21. The zero-order chi connectivity index (χ0) is 23.6. The zero-order valence-electron chi connectivity index (χ0n) is 18.7. The number of nitrogens with zero attached hydrogens (tertiary/aromatic N) is 2. The summed E-state index contributed by atoms with van der Waals surface area (Å²) in [5, 5.41) is 33.9. The first-order valence-corrected chi connectivity index (χ1v) is 10.6. The fourth-order valence-corrected chi connectivity index (χ4v) is 3.53. The number of phenols is 2. The molecular formula is C27H25N3O3. The first-order valence-electron chi connectivity index (χ1n) is 10.6. The van der Waals surface area contributed by atoms with E-state index in [1.54, 1.807) is 24.3 Å². The third kappa shape index (κ3) is 4.70. The third-order valence-electron chi connectivity index (χ3n) is 5.36. The van der Waals surface area contributed by atoms with Crippen LogP contribution in [0, 0.1) is 0 Å². The number of carbonyl (C=O) groups excluding carboxylic acids is 1. The van der Waals surface area contributed by atoms with E-state index in [2.05, 4.69) is 36.3 Å². The molecule has 4 aromatic rings. The van der Waals surface area contributed by atoms with E-state index in [4.69, 9.17) is 0 Å². The summed E-state index contributed by atoms with van der Waals surface area (Å²) in [5.74, 6) is -0.735. The molecule has 0 atom stereocenters. The summed E-state index contributed by atoms with van der Waals surface area (Å²) in [7, 11) is 0. The second-order valence-electron chi connectivity index (χ2n) is 8.81. The number of benzene rings is 4. The second kappa shape index (κ2) is 8.74. The van der Waals surface area contributed by atoms with Crippen molar-refractivity contribution in [1.82, 2.24) is 0 Å². The largest absolute Gasteiger partial charge is 0.507 e. The summed E-state index contributed by atoms with van der Waals surface area (Å²) < 4.78 is 0. The topological polar surface area (TPSA) is 94.3 Å². The molecule has 0 saturated carbocycles. The van der Waals surface area contributed by atoms with Crippen LogP contribution in [0.25, 0.3) is 10.8 Å². The molecule has 3 N–H and O–H groups in total. The van der Waals surface area contributed by atoms with Gasteiger partial charge in [0.05, 0.1) is 0 Å². The van der Waals surface area contributed by atoms with Crippen molar-refractivity contribution in [2.45, 2.75) is 26.2 Å². The van der Waals surface area contributed by atoms with Gasteiger partial charge in [0.15, 0.2) is 0 Å². The first-order chi connectivity index (χ1) is 15.7. The molecule has 33 heavy (non-hydrogen) atoms. The number of carbonyl (C=O) groups is 1. The Hall–Kier alpha value is -4.19. The Kier molecular flexibility index (Phi) is 5.84. The molecule has 0 unspecified atom stereocenters. The predicted molar refractivity (Wildman–Crippen MR) is 131 cm³/mol. The number of rotatable bonds is 4. The maximum Gasteiger partial charge on any atom is 0.261 e. The van der Waals surface area contributed by atoms with Gasteiger partial charge < -0.3 is 15.5 Å². The van der Waals surface area contributed by atoms with Crippen LogP contribution in [0.15, 0.2) is 89.1 Å². The molecule has 6 heteroatoms. The maximum absolute atomic E-state index is 13.1. The van der Waals surface area contributed by atoms with Crippen molar-refractivity contribution in [3.63, 3.8) is 0 Å². The molecule has 166 valence electrons. The van der Waals surface area contributed by atoms with E-state index in [0.29, 0.717) is 16.5 Å². The van der Waals surface area contributed by atoms with Gasteiger partial charge in [0.1, 0.15) is 28.4 Å². The lowest BCUT2D eigenvalue weighted by Gasteiger charge is -2.19. The van der Waals surface area contributed by atoms with Crippen LogP contribution in [0.5, 0.6) is 11.5 Å². The van der Waals surface area contributed by atoms with E-state index < -0.39 is 5.91 Å². The standard InChI is InChI=1S/C27H25N3O3/c1-27(2,3)18-13-14-22(31)21(16-18)29-30-25-20-12-8-7-9-17(20)15-23(32)24(25)26(33)28-19-10-5-4-6-11-19/h4-16,31-32H,1-3H3,(H,28,33). The highest BCUT2D eigenvalue weighted by molar-refractivity contribution is 6.14. The van der Waals surface area contributed by atoms with Crippen LogP contribution in [-0.4, -0.2) is 16.1 Å². The average Bonchev–Trinajstić information content (AvgIpc) is 2.78. The molecule has 0 aliphatic rings. The van der Waals surface area contributed by atoms with Crippen molar-refractivity contribution in [2.24, 2.45) is 10.2 Å². The summed E-state index contributed by atoms with van der Waals surface area (Å²) >= 11 is 0. The van der Waals surface area contributed by atoms with E-state index >= 15 is 0 Å². The highest BCUT2D eigenvalue weighted by atomic mass is 16.3. The minimum Gasteiger partial charge on any atom is -0.507 e. The Labute approximate surface area is 192 Å². The van der Waals surface area contributed by atoms with Crippen LogP contribution in [0.1, 0.15) is 36.7 Å². The molecule has 4 aromatic carbocycles. The molecule has 0 aliphatic heterocycles. The Morgan fingerprint density at radius 2 is 1.52 bits per heavy atom. The van der Waals surface area contributed by atoms with Gasteiger partial charge in [0.2, 0.25) is 0 Å². The third-order valence-corrected chi connectivity index (χ3v) is 5.36. The Morgan fingerprint density at radius 1 is 0.818 bits per heavy atom. The van der Waals surface area contributed by atoms with E-state index in [-0.39, 0.29) is 33.9 Å². The van der Waals surface area contributed by atoms with Gasteiger partial charge in [-0.2, -0.15) is 0 Å². The van der Waals surface area contributed by atoms with Crippen LogP contribution in [-0.2, 0) is 5.41 Å². The molecule has 0 aromatic heterocycles. The fourth-order valence-electron chi connectivity index (χ4n) is 3.53. The SMILES string of the molecule is CC(C)(C)c1ccc(O)c(N=Nc2c(C(=O)Nc3ccccc3)c(O)cc3ccccc23)c1. The first kappa shape index (κ1) is 22.0. The molecule has 0 saturated heterocycles. The number of anilines is 1. The number of nitrogens with one attached hydrogen (secondary N) is 1. The normalized spacial score (nSPS) is 11.7. The fraction of sp³-hybridized carbons (Fsp3) is 0.148. The highest BCUT2D eigenvalue weighted by Crippen LogP contribution is 2.39. The van der Waals surface area contributed by atoms with Gasteiger partial charge in [-0.25, -0.2) is 0 Å². The molecule has 0 heterocycles. The predicted octanol–water partition coefficient (Wildman–Crippen LogP) is 7.22. The zero-order valence-corrected chi connectivity index (χ0v) is 18.7. The van der Waals surface area contributed by atoms with Gasteiger partial charge in [0, 0.05) is 11.1 Å². The van der Waals surface area contributed by atoms with Crippen LogP contribution >= 0.6 is 0 Å². The molecule has 0 aliphatic carbocycles. The van der Waals surface area contributed by atoms with Crippen LogP contribution in [0.2, 0.25) is 0 Å². The van der Waals surface area contributed by atoms with Crippen molar-refractivity contribution in [3.8, 4) is 11.5 Å². The second-order valence-corrected chi connectivity index (χ2v) is 8.81. The number of aromatic hydroxyl groups is 2. The molecule has 0 fully saturated rings. The lowest BCUT2D eigenvalue weighted by Crippen LogP contribution is -2.12. The van der Waals surface area contributed by atoms with Crippen molar-refractivity contribution in [3.05, 3.63) is 90.0 Å². The van der Waals surface area contributed by atoms with Gasteiger partial charge in [-0.15, -0.1) is 10.2 Å². The van der Waals surface area contributed by atoms with Crippen molar-refractivity contribution in [2.75, 3.05) is 5.32 Å². The van der Waals surface area contributed by atoms with Crippen LogP contribution in [0.3, 0.4) is 0 Å². The van der Waals surface area contributed by atoms with Gasteiger partial charge in [-0.05, 0) is 46.7 Å². The van der Waals surface area contributed by atoms with E-state index in [1.165, 1.54) is 6.07 Å². The Morgan fingerprint density at radius 3 is 2.24 bits per heavy atom. The maximum atomic E-state index is 13.1. The number of hydrogen-bond donors (Lipinski definition) is 3. The van der Waals surface area contributed by atoms with Crippen molar-refractivity contribution < 1.29 is 15.0 Å². The minimum absolute atomic E-state index is 0.00719. The minimum atomic E-state index is -0.508. The van der Waals surface area contributed by atoms with Gasteiger partial charge >= 0.3 is 0 Å². The summed E-state index contributed by atoms with van der Waals surface area (Å²) in [4.78, 5) is 13.1. The Balaban J connectivity index is 1.84.